The molecule has 2 rings (SSSR count). The van der Waals surface area contributed by atoms with E-state index in [0.717, 1.165) is 24.8 Å². The molecule has 20 heavy (non-hydrogen) atoms. The molecule has 1 N–H and O–H groups in total. The summed E-state index contributed by atoms with van der Waals surface area (Å²) in [5.74, 6) is 0.377. The molecule has 2 nitrogen and oxygen atoms in total. The van der Waals surface area contributed by atoms with E-state index < -0.39 is 5.60 Å². The fraction of sp³-hybridized carbons (Fsp3) is 0.647. The number of halogens is 1. The van der Waals surface area contributed by atoms with Crippen molar-refractivity contribution in [2.24, 2.45) is 11.3 Å². The van der Waals surface area contributed by atoms with Crippen molar-refractivity contribution in [3.05, 3.63) is 29.6 Å². The molecule has 1 aromatic carbocycles. The van der Waals surface area contributed by atoms with Crippen LogP contribution in [0, 0.1) is 17.2 Å². The van der Waals surface area contributed by atoms with Crippen molar-refractivity contribution in [1.29, 1.82) is 0 Å². The lowest BCUT2D eigenvalue weighted by atomic mass is 9.64. The first-order valence-electron chi connectivity index (χ1n) is 7.28. The van der Waals surface area contributed by atoms with Gasteiger partial charge in [-0.2, -0.15) is 0 Å². The Morgan fingerprint density at radius 1 is 1.35 bits per heavy atom. The van der Waals surface area contributed by atoms with Gasteiger partial charge in [0.2, 0.25) is 0 Å². The minimum absolute atomic E-state index is 0.136. The van der Waals surface area contributed by atoms with Gasteiger partial charge in [0.1, 0.15) is 0 Å². The van der Waals surface area contributed by atoms with Crippen molar-refractivity contribution in [3.8, 4) is 5.75 Å². The Labute approximate surface area is 121 Å². The Balaban J connectivity index is 2.17. The highest BCUT2D eigenvalue weighted by atomic mass is 19.1. The molecule has 3 heteroatoms. The monoisotopic (exact) mass is 280 g/mol. The first-order chi connectivity index (χ1) is 9.23. The first kappa shape index (κ1) is 15.3. The maximum atomic E-state index is 13.8. The van der Waals surface area contributed by atoms with Crippen LogP contribution in [0.3, 0.4) is 0 Å². The summed E-state index contributed by atoms with van der Waals surface area (Å²) in [7, 11) is 1.46. The van der Waals surface area contributed by atoms with Crippen molar-refractivity contribution >= 4 is 0 Å². The van der Waals surface area contributed by atoms with Gasteiger partial charge in [0.05, 0.1) is 12.7 Å². The molecule has 0 saturated heterocycles. The van der Waals surface area contributed by atoms with Gasteiger partial charge in [0.25, 0.3) is 0 Å². The van der Waals surface area contributed by atoms with Crippen LogP contribution >= 0.6 is 0 Å². The summed E-state index contributed by atoms with van der Waals surface area (Å²) >= 11 is 0. The van der Waals surface area contributed by atoms with Crippen molar-refractivity contribution in [2.45, 2.75) is 52.1 Å². The van der Waals surface area contributed by atoms with Gasteiger partial charge in [-0.25, -0.2) is 4.39 Å². The average molecular weight is 280 g/mol. The third-order valence-corrected chi connectivity index (χ3v) is 4.19. The maximum absolute atomic E-state index is 13.8. The van der Waals surface area contributed by atoms with Crippen LogP contribution in [0.4, 0.5) is 4.39 Å². The van der Waals surface area contributed by atoms with Crippen molar-refractivity contribution < 1.29 is 14.2 Å². The second-order valence-corrected chi connectivity index (χ2v) is 7.22. The number of hydrogen-bond donors (Lipinski definition) is 1. The molecule has 1 aromatic rings. The molecule has 2 atom stereocenters. The number of methoxy groups -OCH3 is 1. The molecule has 0 aliphatic heterocycles. The van der Waals surface area contributed by atoms with Crippen LogP contribution in [0.25, 0.3) is 0 Å². The molecule has 0 heterocycles. The van der Waals surface area contributed by atoms with E-state index in [4.69, 9.17) is 4.74 Å². The highest BCUT2D eigenvalue weighted by molar-refractivity contribution is 5.30. The van der Waals surface area contributed by atoms with Crippen LogP contribution in [0.15, 0.2) is 18.2 Å². The standard InChI is InChI=1S/C17H25FO2/c1-12-8-16(2,3)11-17(19,9-12)10-13-5-6-15(20-4)14(18)7-13/h5-7,12,19H,8-11H2,1-4H3. The summed E-state index contributed by atoms with van der Waals surface area (Å²) < 4.78 is 18.7. The summed E-state index contributed by atoms with van der Waals surface area (Å²) in [6.07, 6.45) is 3.18. The highest BCUT2D eigenvalue weighted by Gasteiger charge is 2.41. The smallest absolute Gasteiger partial charge is 0.165 e. The van der Waals surface area contributed by atoms with Gasteiger partial charge in [0, 0.05) is 6.42 Å². The fourth-order valence-corrected chi connectivity index (χ4v) is 4.03. The molecule has 0 radical (unpaired) electrons. The van der Waals surface area contributed by atoms with Crippen LogP contribution in [-0.4, -0.2) is 17.8 Å². The molecule has 0 amide bonds. The van der Waals surface area contributed by atoms with Gasteiger partial charge >= 0.3 is 0 Å². The van der Waals surface area contributed by atoms with Crippen LogP contribution in [0.1, 0.15) is 45.6 Å². The number of aliphatic hydroxyl groups is 1. The van der Waals surface area contributed by atoms with Gasteiger partial charge in [0.15, 0.2) is 11.6 Å². The zero-order chi connectivity index (χ0) is 15.0. The van der Waals surface area contributed by atoms with Gasteiger partial charge in [-0.3, -0.25) is 0 Å². The molecular weight excluding hydrogens is 255 g/mol. The van der Waals surface area contributed by atoms with Crippen molar-refractivity contribution in [1.82, 2.24) is 0 Å². The minimum Gasteiger partial charge on any atom is -0.494 e. The third kappa shape index (κ3) is 3.51. The van der Waals surface area contributed by atoms with E-state index in [1.807, 2.05) is 6.07 Å². The SMILES string of the molecule is COc1ccc(CC2(O)CC(C)CC(C)(C)C2)cc1F. The summed E-state index contributed by atoms with van der Waals surface area (Å²) in [5, 5.41) is 10.9. The summed E-state index contributed by atoms with van der Waals surface area (Å²) in [6, 6.07) is 4.95. The average Bonchev–Trinajstić information content (AvgIpc) is 2.24. The maximum Gasteiger partial charge on any atom is 0.165 e. The van der Waals surface area contributed by atoms with E-state index >= 15 is 0 Å². The van der Waals surface area contributed by atoms with E-state index in [1.165, 1.54) is 13.2 Å². The molecule has 1 saturated carbocycles. The normalized spacial score (nSPS) is 29.2. The molecule has 1 aliphatic carbocycles. The lowest BCUT2D eigenvalue weighted by Crippen LogP contribution is -2.43. The van der Waals surface area contributed by atoms with E-state index in [0.29, 0.717) is 12.3 Å². The van der Waals surface area contributed by atoms with E-state index in [-0.39, 0.29) is 17.0 Å². The summed E-state index contributed by atoms with van der Waals surface area (Å²) in [6.45, 7) is 6.57. The largest absolute Gasteiger partial charge is 0.494 e. The van der Waals surface area contributed by atoms with E-state index in [9.17, 15) is 9.50 Å². The van der Waals surface area contributed by atoms with E-state index in [2.05, 4.69) is 20.8 Å². The predicted molar refractivity (Wildman–Crippen MR) is 78.4 cm³/mol. The second-order valence-electron chi connectivity index (χ2n) is 7.22. The molecule has 1 fully saturated rings. The summed E-state index contributed by atoms with van der Waals surface area (Å²) in [5.41, 5.74) is 0.232. The Hall–Kier alpha value is -1.09. The second kappa shape index (κ2) is 5.36. The molecular formula is C17H25FO2. The van der Waals surface area contributed by atoms with Crippen LogP contribution < -0.4 is 4.74 Å². The molecule has 112 valence electrons. The number of benzene rings is 1. The zero-order valence-electron chi connectivity index (χ0n) is 12.9. The lowest BCUT2D eigenvalue weighted by molar-refractivity contribution is -0.0574. The number of rotatable bonds is 3. The highest BCUT2D eigenvalue weighted by Crippen LogP contribution is 2.45. The Kier molecular flexibility index (Phi) is 4.10. The van der Waals surface area contributed by atoms with Gasteiger partial charge < -0.3 is 9.84 Å². The quantitative estimate of drug-likeness (QED) is 0.908. The Morgan fingerprint density at radius 2 is 2.05 bits per heavy atom. The van der Waals surface area contributed by atoms with Crippen LogP contribution in [0.2, 0.25) is 0 Å². The van der Waals surface area contributed by atoms with Crippen molar-refractivity contribution in [2.75, 3.05) is 7.11 Å². The first-order valence-corrected chi connectivity index (χ1v) is 7.28. The number of ether oxygens (including phenoxy) is 1. The fourth-order valence-electron chi connectivity index (χ4n) is 4.03. The van der Waals surface area contributed by atoms with Crippen molar-refractivity contribution in [3.63, 3.8) is 0 Å². The molecule has 1 aliphatic rings. The number of hydrogen-bond acceptors (Lipinski definition) is 2. The topological polar surface area (TPSA) is 29.5 Å². The lowest BCUT2D eigenvalue weighted by Gasteiger charge is -2.44. The summed E-state index contributed by atoms with van der Waals surface area (Å²) in [4.78, 5) is 0. The van der Waals surface area contributed by atoms with Crippen LogP contribution in [0.5, 0.6) is 5.75 Å². The molecule has 0 bridgehead atoms. The Bertz CT molecular complexity index is 484. The van der Waals surface area contributed by atoms with Gasteiger partial charge in [-0.15, -0.1) is 0 Å². The predicted octanol–water partition coefficient (Wildman–Crippen LogP) is 3.95. The zero-order valence-corrected chi connectivity index (χ0v) is 12.9. The van der Waals surface area contributed by atoms with Crippen LogP contribution in [-0.2, 0) is 6.42 Å². The van der Waals surface area contributed by atoms with E-state index in [1.54, 1.807) is 6.07 Å². The molecule has 2 unspecified atom stereocenters. The Morgan fingerprint density at radius 3 is 2.60 bits per heavy atom. The minimum atomic E-state index is -0.734. The molecule has 0 aromatic heterocycles. The molecule has 0 spiro atoms. The van der Waals surface area contributed by atoms with Gasteiger partial charge in [-0.1, -0.05) is 26.8 Å². The third-order valence-electron chi connectivity index (χ3n) is 4.19. The van der Waals surface area contributed by atoms with Gasteiger partial charge in [-0.05, 0) is 48.3 Å².